The fraction of sp³-hybridized carbons (Fsp3) is 0.929. The SMILES string of the molecule is CC(C)=O.CCCCCC.COC(C)(C)C. The van der Waals surface area contributed by atoms with E-state index < -0.39 is 0 Å². The molecule has 0 rings (SSSR count). The van der Waals surface area contributed by atoms with Crippen LogP contribution in [0.2, 0.25) is 0 Å². The number of ether oxygens (including phenoxy) is 1. The van der Waals surface area contributed by atoms with Crippen molar-refractivity contribution >= 4 is 5.78 Å². The van der Waals surface area contributed by atoms with Gasteiger partial charge < -0.3 is 9.53 Å². The normalized spacial score (nSPS) is 9.50. The molecule has 0 spiro atoms. The van der Waals surface area contributed by atoms with E-state index in [1.54, 1.807) is 7.11 Å². The molecular formula is C14H32O2. The Balaban J connectivity index is -0.000000162. The number of rotatable bonds is 3. The maximum absolute atomic E-state index is 9.44. The van der Waals surface area contributed by atoms with Crippen molar-refractivity contribution in [1.82, 2.24) is 0 Å². The van der Waals surface area contributed by atoms with Gasteiger partial charge in [-0.25, -0.2) is 0 Å². The fourth-order valence-electron chi connectivity index (χ4n) is 0.500. The average molecular weight is 232 g/mol. The summed E-state index contributed by atoms with van der Waals surface area (Å²) in [7, 11) is 1.71. The molecule has 0 aliphatic rings. The predicted octanol–water partition coefficient (Wildman–Crippen LogP) is 4.61. The van der Waals surface area contributed by atoms with Crippen LogP contribution in [0.15, 0.2) is 0 Å². The van der Waals surface area contributed by atoms with E-state index in [9.17, 15) is 4.79 Å². The second kappa shape index (κ2) is 14.6. The topological polar surface area (TPSA) is 26.3 Å². The average Bonchev–Trinajstić information content (AvgIpc) is 2.14. The zero-order chi connectivity index (χ0) is 13.6. The Hall–Kier alpha value is -0.370. The molecule has 0 amide bonds. The summed E-state index contributed by atoms with van der Waals surface area (Å²) in [4.78, 5) is 9.44. The van der Waals surface area contributed by atoms with Gasteiger partial charge in [0.2, 0.25) is 0 Å². The molecule has 2 heteroatoms. The second-order valence-electron chi connectivity index (χ2n) is 4.93. The highest BCUT2D eigenvalue weighted by molar-refractivity contribution is 5.72. The second-order valence-corrected chi connectivity index (χ2v) is 4.93. The number of hydrogen-bond donors (Lipinski definition) is 0. The van der Waals surface area contributed by atoms with Crippen molar-refractivity contribution in [2.75, 3.05) is 7.11 Å². The van der Waals surface area contributed by atoms with Gasteiger partial charge >= 0.3 is 0 Å². The quantitative estimate of drug-likeness (QED) is 0.664. The summed E-state index contributed by atoms with van der Waals surface area (Å²) >= 11 is 0. The monoisotopic (exact) mass is 232 g/mol. The van der Waals surface area contributed by atoms with Gasteiger partial charge in [-0.05, 0) is 34.6 Å². The van der Waals surface area contributed by atoms with E-state index in [2.05, 4.69) is 13.8 Å². The molecule has 0 aromatic carbocycles. The lowest BCUT2D eigenvalue weighted by Gasteiger charge is -2.14. The molecule has 0 saturated heterocycles. The summed E-state index contributed by atoms with van der Waals surface area (Å²) in [5.74, 6) is 0.167. The molecule has 2 nitrogen and oxygen atoms in total. The van der Waals surface area contributed by atoms with Crippen LogP contribution in [0.3, 0.4) is 0 Å². The Morgan fingerprint density at radius 1 is 1.00 bits per heavy atom. The number of methoxy groups -OCH3 is 1. The molecule has 0 aromatic rings. The van der Waals surface area contributed by atoms with Gasteiger partial charge in [0.05, 0.1) is 5.60 Å². The summed E-state index contributed by atoms with van der Waals surface area (Å²) in [5, 5.41) is 0. The minimum absolute atomic E-state index is 0.0417. The molecular weight excluding hydrogens is 200 g/mol. The number of hydrogen-bond acceptors (Lipinski definition) is 2. The van der Waals surface area contributed by atoms with Crippen LogP contribution in [0.4, 0.5) is 0 Å². The van der Waals surface area contributed by atoms with Crippen LogP contribution in [0.1, 0.15) is 74.1 Å². The van der Waals surface area contributed by atoms with Crippen molar-refractivity contribution in [2.45, 2.75) is 79.8 Å². The Bertz CT molecular complexity index is 126. The molecule has 0 aromatic heterocycles. The first-order chi connectivity index (χ1) is 7.21. The third-order valence-corrected chi connectivity index (χ3v) is 1.57. The maximum Gasteiger partial charge on any atom is 0.126 e. The van der Waals surface area contributed by atoms with E-state index in [0.717, 1.165) is 0 Å². The van der Waals surface area contributed by atoms with Gasteiger partial charge in [-0.3, -0.25) is 0 Å². The summed E-state index contributed by atoms with van der Waals surface area (Å²) in [6.45, 7) is 13.6. The van der Waals surface area contributed by atoms with Gasteiger partial charge in [-0.1, -0.05) is 39.5 Å². The highest BCUT2D eigenvalue weighted by Gasteiger charge is 2.03. The Morgan fingerprint density at radius 3 is 1.25 bits per heavy atom. The van der Waals surface area contributed by atoms with Gasteiger partial charge in [0.1, 0.15) is 5.78 Å². The molecule has 0 aliphatic carbocycles. The van der Waals surface area contributed by atoms with Crippen LogP contribution in [0.25, 0.3) is 0 Å². The molecule has 16 heavy (non-hydrogen) atoms. The molecule has 0 heterocycles. The third-order valence-electron chi connectivity index (χ3n) is 1.57. The zero-order valence-electron chi connectivity index (χ0n) is 12.6. The fourth-order valence-corrected chi connectivity index (χ4v) is 0.500. The molecule has 100 valence electrons. The number of unbranched alkanes of at least 4 members (excludes halogenated alkanes) is 3. The van der Waals surface area contributed by atoms with Gasteiger partial charge in [-0.2, -0.15) is 0 Å². The van der Waals surface area contributed by atoms with E-state index in [-0.39, 0.29) is 11.4 Å². The first-order valence-corrected chi connectivity index (χ1v) is 6.23. The van der Waals surface area contributed by atoms with Gasteiger partial charge in [0, 0.05) is 7.11 Å². The highest BCUT2D eigenvalue weighted by Crippen LogP contribution is 2.02. The summed E-state index contributed by atoms with van der Waals surface area (Å²) in [6.07, 6.45) is 5.54. The lowest BCUT2D eigenvalue weighted by Crippen LogP contribution is -2.15. The van der Waals surface area contributed by atoms with Crippen LogP contribution >= 0.6 is 0 Å². The van der Waals surface area contributed by atoms with Crippen molar-refractivity contribution in [3.63, 3.8) is 0 Å². The van der Waals surface area contributed by atoms with Gasteiger partial charge in [-0.15, -0.1) is 0 Å². The summed E-state index contributed by atoms with van der Waals surface area (Å²) in [5.41, 5.74) is 0.0417. The number of ketones is 1. The van der Waals surface area contributed by atoms with Crippen molar-refractivity contribution in [3.05, 3.63) is 0 Å². The Labute approximate surface area is 103 Å². The Kier molecular flexibility index (Phi) is 19.2. The van der Waals surface area contributed by atoms with E-state index in [0.29, 0.717) is 0 Å². The predicted molar refractivity (Wildman–Crippen MR) is 72.9 cm³/mol. The number of carbonyl (C=O) groups excluding carboxylic acids is 1. The third kappa shape index (κ3) is 68.6. The van der Waals surface area contributed by atoms with Crippen LogP contribution in [0, 0.1) is 0 Å². The maximum atomic E-state index is 9.44. The Morgan fingerprint density at radius 2 is 1.19 bits per heavy atom. The standard InChI is InChI=1S/C6H14.C5H12O.C3H6O/c1-3-5-6-4-2;1-5(2,3)6-4;1-3(2)4/h3-6H2,1-2H3;1-4H3;1-2H3. The number of Topliss-reactive ketones (excluding diaryl/α,β-unsaturated/α-hetero) is 1. The minimum Gasteiger partial charge on any atom is -0.379 e. The van der Waals surface area contributed by atoms with E-state index >= 15 is 0 Å². The molecule has 0 unspecified atom stereocenters. The molecule has 0 fully saturated rings. The van der Waals surface area contributed by atoms with Gasteiger partial charge in [0.25, 0.3) is 0 Å². The van der Waals surface area contributed by atoms with Crippen LogP contribution in [0.5, 0.6) is 0 Å². The van der Waals surface area contributed by atoms with Crippen LogP contribution < -0.4 is 0 Å². The molecule has 0 radical (unpaired) electrons. The first-order valence-electron chi connectivity index (χ1n) is 6.23. The largest absolute Gasteiger partial charge is 0.379 e. The van der Waals surface area contributed by atoms with Crippen LogP contribution in [-0.2, 0) is 9.53 Å². The molecule has 0 N–H and O–H groups in total. The van der Waals surface area contributed by atoms with Crippen molar-refractivity contribution in [3.8, 4) is 0 Å². The molecule has 0 atom stereocenters. The van der Waals surface area contributed by atoms with Crippen LogP contribution in [-0.4, -0.2) is 18.5 Å². The van der Waals surface area contributed by atoms with E-state index in [1.807, 2.05) is 20.8 Å². The van der Waals surface area contributed by atoms with Crippen molar-refractivity contribution < 1.29 is 9.53 Å². The van der Waals surface area contributed by atoms with E-state index in [4.69, 9.17) is 4.74 Å². The highest BCUT2D eigenvalue weighted by atomic mass is 16.5. The minimum atomic E-state index is 0.0417. The smallest absolute Gasteiger partial charge is 0.126 e. The molecule has 0 saturated carbocycles. The van der Waals surface area contributed by atoms with E-state index in [1.165, 1.54) is 39.5 Å². The van der Waals surface area contributed by atoms with Crippen molar-refractivity contribution in [1.29, 1.82) is 0 Å². The van der Waals surface area contributed by atoms with Gasteiger partial charge in [0.15, 0.2) is 0 Å². The lowest BCUT2D eigenvalue weighted by molar-refractivity contribution is -0.114. The number of carbonyl (C=O) groups is 1. The van der Waals surface area contributed by atoms with Crippen molar-refractivity contribution in [2.24, 2.45) is 0 Å². The zero-order valence-corrected chi connectivity index (χ0v) is 12.6. The summed E-state index contributed by atoms with van der Waals surface area (Å²) in [6, 6.07) is 0. The first kappa shape index (κ1) is 21.0. The molecule has 0 bridgehead atoms. The molecule has 0 aliphatic heterocycles. The summed E-state index contributed by atoms with van der Waals surface area (Å²) < 4.78 is 4.94. The lowest BCUT2D eigenvalue weighted by atomic mass is 10.2.